The van der Waals surface area contributed by atoms with E-state index in [1.54, 1.807) is 13.8 Å². The normalized spacial score (nSPS) is 38.6. The predicted molar refractivity (Wildman–Crippen MR) is 139 cm³/mol. The molecular weight excluding hydrogens is 444 g/mol. The van der Waals surface area contributed by atoms with Gasteiger partial charge in [-0.3, -0.25) is 14.5 Å². The number of hydrogen-bond donors (Lipinski definition) is 1. The van der Waals surface area contributed by atoms with Crippen molar-refractivity contribution in [3.63, 3.8) is 0 Å². The number of nitrogens with zero attached hydrogens (tertiary/aromatic N) is 2. The highest BCUT2D eigenvalue weighted by atomic mass is 16.6. The van der Waals surface area contributed by atoms with Crippen LogP contribution in [0.1, 0.15) is 74.1 Å². The summed E-state index contributed by atoms with van der Waals surface area (Å²) in [6.07, 6.45) is 3.54. The molecule has 204 valence electrons. The van der Waals surface area contributed by atoms with Crippen molar-refractivity contribution in [2.45, 2.75) is 92.6 Å². The molecule has 7 heteroatoms. The molecule has 0 aromatic heterocycles. The number of carbonyl (C=O) groups excluding carboxylic acids is 2. The van der Waals surface area contributed by atoms with Crippen molar-refractivity contribution in [2.24, 2.45) is 35.0 Å². The van der Waals surface area contributed by atoms with Gasteiger partial charge in [-0.1, -0.05) is 27.7 Å². The van der Waals surface area contributed by atoms with Gasteiger partial charge in [0.05, 0.1) is 6.10 Å². The van der Waals surface area contributed by atoms with Gasteiger partial charge < -0.3 is 19.5 Å². The smallest absolute Gasteiger partial charge is 0.319 e. The van der Waals surface area contributed by atoms with Gasteiger partial charge >= 0.3 is 5.97 Å². The fourth-order valence-electron chi connectivity index (χ4n) is 6.25. The van der Waals surface area contributed by atoms with E-state index in [1.807, 2.05) is 13.8 Å². The minimum absolute atomic E-state index is 0.00883. The Bertz CT molecular complexity index is 668. The third-order valence-corrected chi connectivity index (χ3v) is 8.05. The van der Waals surface area contributed by atoms with Gasteiger partial charge in [-0.15, -0.1) is 0 Å². The van der Waals surface area contributed by atoms with Gasteiger partial charge in [0, 0.05) is 43.9 Å². The second-order valence-electron chi connectivity index (χ2n) is 12.6. The average Bonchev–Trinajstić information content (AvgIpc) is 2.70. The monoisotopic (exact) mass is 496 g/mol. The first-order valence-electron chi connectivity index (χ1n) is 13.6. The number of aliphatic hydroxyl groups is 1. The van der Waals surface area contributed by atoms with Crippen LogP contribution in [0, 0.1) is 35.0 Å². The molecule has 3 saturated heterocycles. The van der Waals surface area contributed by atoms with Crippen molar-refractivity contribution in [1.82, 2.24) is 9.80 Å². The van der Waals surface area contributed by atoms with Crippen LogP contribution < -0.4 is 0 Å². The number of ketones is 1. The summed E-state index contributed by atoms with van der Waals surface area (Å²) >= 11 is 0. The lowest BCUT2D eigenvalue weighted by molar-refractivity contribution is -0.169. The topological polar surface area (TPSA) is 79.3 Å². The standard InChI is InChI=1S/C21H38N2O3.C7H14O2/c1-14-8-15(2)10-23(7)18(17-11-22(6)12-17)13-26-20(25)21(4,5)19(24)16(3)9-14;1-5-3-6(2)9-7(8)4-5/h14-18H,8-13H2,1-7H3;5-8H,3-4H2,1-2H3/t14-,15?,16-,18+;5-,6+,7+/m10/s1. The molecule has 3 fully saturated rings. The van der Waals surface area contributed by atoms with E-state index in [9.17, 15) is 9.59 Å². The van der Waals surface area contributed by atoms with Crippen molar-refractivity contribution in [3.05, 3.63) is 0 Å². The zero-order chi connectivity index (χ0) is 26.5. The second-order valence-corrected chi connectivity index (χ2v) is 12.6. The quantitative estimate of drug-likeness (QED) is 0.437. The molecule has 3 rings (SSSR count). The highest BCUT2D eigenvalue weighted by Gasteiger charge is 2.42. The summed E-state index contributed by atoms with van der Waals surface area (Å²) in [5, 5.41) is 9.03. The summed E-state index contributed by atoms with van der Waals surface area (Å²) in [5.74, 6) is 1.68. The predicted octanol–water partition coefficient (Wildman–Crippen LogP) is 3.83. The Balaban J connectivity index is 0.000000402. The molecule has 3 heterocycles. The van der Waals surface area contributed by atoms with E-state index in [2.05, 4.69) is 44.7 Å². The molecule has 0 bridgehead atoms. The number of likely N-dealkylation sites (N-methyl/N-ethyl adjacent to an activating group) is 1. The van der Waals surface area contributed by atoms with E-state index in [4.69, 9.17) is 14.6 Å². The van der Waals surface area contributed by atoms with Crippen LogP contribution in [0.5, 0.6) is 0 Å². The number of aliphatic hydroxyl groups excluding tert-OH is 1. The SMILES string of the molecule is CC1C[C@@H](C)C[C@@H](C)C(=O)C(C)(C)C(=O)OC[C@@H](C2CN(C)C2)N(C)C1.C[C@H]1C[C@@H](C)O[C@@H](O)C1. The molecule has 7 nitrogen and oxygen atoms in total. The summed E-state index contributed by atoms with van der Waals surface area (Å²) in [4.78, 5) is 30.3. The van der Waals surface area contributed by atoms with Gasteiger partial charge in [0.2, 0.25) is 0 Å². The average molecular weight is 497 g/mol. The summed E-state index contributed by atoms with van der Waals surface area (Å²) in [7, 11) is 4.27. The molecule has 0 aliphatic carbocycles. The van der Waals surface area contributed by atoms with Gasteiger partial charge in [0.25, 0.3) is 0 Å². The molecule has 1 unspecified atom stereocenters. The van der Waals surface area contributed by atoms with Crippen LogP contribution in [0.3, 0.4) is 0 Å². The molecule has 3 aliphatic heterocycles. The molecule has 0 aromatic rings. The maximum Gasteiger partial charge on any atom is 0.319 e. The van der Waals surface area contributed by atoms with E-state index in [0.717, 1.165) is 45.3 Å². The lowest BCUT2D eigenvalue weighted by Gasteiger charge is -2.45. The number of ether oxygens (including phenoxy) is 2. The maximum atomic E-state index is 12.9. The fraction of sp³-hybridized carbons (Fsp3) is 0.929. The van der Waals surface area contributed by atoms with Gasteiger partial charge in [0.15, 0.2) is 12.1 Å². The van der Waals surface area contributed by atoms with Crippen molar-refractivity contribution in [2.75, 3.05) is 40.3 Å². The van der Waals surface area contributed by atoms with Crippen LogP contribution in [0.4, 0.5) is 0 Å². The third-order valence-electron chi connectivity index (χ3n) is 8.05. The Morgan fingerprint density at radius 3 is 2.00 bits per heavy atom. The van der Waals surface area contributed by atoms with Crippen LogP contribution in [-0.4, -0.2) is 85.4 Å². The number of likely N-dealkylation sites (tertiary alicyclic amines) is 1. The molecule has 0 spiro atoms. The fourth-order valence-corrected chi connectivity index (χ4v) is 6.25. The summed E-state index contributed by atoms with van der Waals surface area (Å²) in [5.41, 5.74) is -1.07. The molecule has 0 aromatic carbocycles. The first-order valence-corrected chi connectivity index (χ1v) is 13.6. The maximum absolute atomic E-state index is 12.9. The Labute approximate surface area is 213 Å². The van der Waals surface area contributed by atoms with Crippen molar-refractivity contribution < 1.29 is 24.2 Å². The number of carbonyl (C=O) groups is 2. The van der Waals surface area contributed by atoms with E-state index < -0.39 is 11.7 Å². The van der Waals surface area contributed by atoms with Gasteiger partial charge in [-0.25, -0.2) is 0 Å². The third kappa shape index (κ3) is 8.80. The Morgan fingerprint density at radius 2 is 1.46 bits per heavy atom. The van der Waals surface area contributed by atoms with Crippen LogP contribution in [0.15, 0.2) is 0 Å². The Hall–Kier alpha value is -1.02. The first kappa shape index (κ1) is 30.2. The summed E-state index contributed by atoms with van der Waals surface area (Å²) < 4.78 is 10.8. The molecule has 0 radical (unpaired) electrons. The lowest BCUT2D eigenvalue weighted by atomic mass is 9.78. The molecule has 0 amide bonds. The molecule has 35 heavy (non-hydrogen) atoms. The summed E-state index contributed by atoms with van der Waals surface area (Å²) in [6, 6.07) is 0.219. The number of Topliss-reactive ketones (excluding diaryl/α,β-unsaturated/α-hetero) is 1. The second kappa shape index (κ2) is 13.0. The Morgan fingerprint density at radius 1 is 0.857 bits per heavy atom. The number of esters is 1. The van der Waals surface area contributed by atoms with Crippen LogP contribution >= 0.6 is 0 Å². The van der Waals surface area contributed by atoms with Gasteiger partial charge in [0.1, 0.15) is 12.0 Å². The van der Waals surface area contributed by atoms with E-state index in [-0.39, 0.29) is 29.8 Å². The molecule has 0 saturated carbocycles. The zero-order valence-corrected chi connectivity index (χ0v) is 23.8. The molecule has 3 aliphatic rings. The first-order chi connectivity index (χ1) is 16.2. The highest BCUT2D eigenvalue weighted by molar-refractivity contribution is 6.03. The number of hydrogen-bond acceptors (Lipinski definition) is 7. The largest absolute Gasteiger partial charge is 0.463 e. The minimum Gasteiger partial charge on any atom is -0.463 e. The van der Waals surface area contributed by atoms with Crippen molar-refractivity contribution in [3.8, 4) is 0 Å². The highest BCUT2D eigenvalue weighted by Crippen LogP contribution is 2.31. The molecular formula is C28H52N2O5. The van der Waals surface area contributed by atoms with Crippen molar-refractivity contribution >= 4 is 11.8 Å². The van der Waals surface area contributed by atoms with Gasteiger partial charge in [-0.2, -0.15) is 0 Å². The van der Waals surface area contributed by atoms with E-state index in [0.29, 0.717) is 30.3 Å². The van der Waals surface area contributed by atoms with Crippen LogP contribution in [-0.2, 0) is 19.1 Å². The minimum atomic E-state index is -1.07. The molecule has 1 N–H and O–H groups in total. The number of cyclic esters (lactones) is 1. The van der Waals surface area contributed by atoms with Crippen LogP contribution in [0.2, 0.25) is 0 Å². The lowest BCUT2D eigenvalue weighted by Crippen LogP contribution is -2.57. The zero-order valence-electron chi connectivity index (χ0n) is 23.8. The van der Waals surface area contributed by atoms with Crippen molar-refractivity contribution in [1.29, 1.82) is 0 Å². The van der Waals surface area contributed by atoms with E-state index >= 15 is 0 Å². The Kier molecular flexibility index (Phi) is 11.2. The summed E-state index contributed by atoms with van der Waals surface area (Å²) in [6.45, 7) is 17.5. The molecule has 7 atom stereocenters. The van der Waals surface area contributed by atoms with Gasteiger partial charge in [-0.05, 0) is 71.9 Å². The van der Waals surface area contributed by atoms with Crippen LogP contribution in [0.25, 0.3) is 0 Å². The van der Waals surface area contributed by atoms with E-state index in [1.165, 1.54) is 0 Å². The number of rotatable bonds is 1.